The standard InChI is InChI=1S/C22H30FN5O2S/c1-14(15-7-9-16(10-8-15)17-11-12-24-27(17)4)25-20(29)18-6-5-13-28(18)21(30)19(26-31)22(2,3)23/h7-12,14,18-19,26,31H,5-6,13H2,1-4H3,(H,25,29). The molecule has 1 aliphatic heterocycles. The topological polar surface area (TPSA) is 79.3 Å². The zero-order chi connectivity index (χ0) is 22.8. The van der Waals surface area contributed by atoms with Crippen LogP contribution in [0.15, 0.2) is 36.5 Å². The fraction of sp³-hybridized carbons (Fsp3) is 0.500. The zero-order valence-electron chi connectivity index (χ0n) is 18.3. The predicted molar refractivity (Wildman–Crippen MR) is 121 cm³/mol. The van der Waals surface area contributed by atoms with Gasteiger partial charge in [-0.3, -0.25) is 19.0 Å². The van der Waals surface area contributed by atoms with Gasteiger partial charge in [0.25, 0.3) is 0 Å². The molecule has 1 saturated heterocycles. The van der Waals surface area contributed by atoms with Crippen molar-refractivity contribution in [3.63, 3.8) is 0 Å². The van der Waals surface area contributed by atoms with E-state index < -0.39 is 23.7 Å². The molecule has 0 bridgehead atoms. The minimum absolute atomic E-state index is 0.233. The molecule has 2 aromatic rings. The van der Waals surface area contributed by atoms with Crippen molar-refractivity contribution < 1.29 is 14.0 Å². The molecule has 9 heteroatoms. The summed E-state index contributed by atoms with van der Waals surface area (Å²) < 4.78 is 18.7. The molecule has 2 N–H and O–H groups in total. The van der Waals surface area contributed by atoms with E-state index in [4.69, 9.17) is 0 Å². The van der Waals surface area contributed by atoms with Gasteiger partial charge in [-0.05, 0) is 50.8 Å². The quantitative estimate of drug-likeness (QED) is 0.571. The van der Waals surface area contributed by atoms with E-state index >= 15 is 0 Å². The molecule has 1 aromatic heterocycles. The number of alkyl halides is 1. The molecule has 1 aromatic carbocycles. The summed E-state index contributed by atoms with van der Waals surface area (Å²) in [7, 11) is 1.89. The maximum absolute atomic E-state index is 14.4. The Labute approximate surface area is 187 Å². The van der Waals surface area contributed by atoms with Crippen molar-refractivity contribution in [1.82, 2.24) is 24.7 Å². The summed E-state index contributed by atoms with van der Waals surface area (Å²) >= 11 is 3.92. The molecule has 168 valence electrons. The van der Waals surface area contributed by atoms with Gasteiger partial charge in [-0.15, -0.1) is 0 Å². The summed E-state index contributed by atoms with van der Waals surface area (Å²) in [5.41, 5.74) is 1.20. The van der Waals surface area contributed by atoms with Gasteiger partial charge in [0, 0.05) is 19.8 Å². The van der Waals surface area contributed by atoms with Gasteiger partial charge in [-0.1, -0.05) is 37.1 Å². The van der Waals surface area contributed by atoms with Crippen LogP contribution in [0.2, 0.25) is 0 Å². The number of nitrogens with one attached hydrogen (secondary N) is 2. The van der Waals surface area contributed by atoms with Crippen molar-refractivity contribution in [3.05, 3.63) is 42.1 Å². The number of aromatic nitrogens is 2. The van der Waals surface area contributed by atoms with Crippen molar-refractivity contribution >= 4 is 24.6 Å². The third-order valence-electron chi connectivity index (χ3n) is 5.79. The molecule has 2 heterocycles. The summed E-state index contributed by atoms with van der Waals surface area (Å²) in [6, 6.07) is 7.89. The van der Waals surface area contributed by atoms with Gasteiger partial charge in [0.1, 0.15) is 17.8 Å². The highest BCUT2D eigenvalue weighted by Crippen LogP contribution is 2.25. The first-order valence-electron chi connectivity index (χ1n) is 10.4. The molecule has 0 aliphatic carbocycles. The molecule has 0 saturated carbocycles. The number of aryl methyl sites for hydroxylation is 1. The lowest BCUT2D eigenvalue weighted by molar-refractivity contribution is -0.142. The van der Waals surface area contributed by atoms with Crippen molar-refractivity contribution in [2.24, 2.45) is 7.05 Å². The zero-order valence-corrected chi connectivity index (χ0v) is 19.2. The Balaban J connectivity index is 1.67. The molecule has 7 nitrogen and oxygen atoms in total. The van der Waals surface area contributed by atoms with Crippen molar-refractivity contribution in [2.75, 3.05) is 6.54 Å². The first-order valence-corrected chi connectivity index (χ1v) is 10.9. The Morgan fingerprint density at radius 3 is 2.48 bits per heavy atom. The molecule has 3 rings (SSSR count). The Hall–Kier alpha value is -2.39. The van der Waals surface area contributed by atoms with E-state index in [-0.39, 0.29) is 11.9 Å². The van der Waals surface area contributed by atoms with Crippen molar-refractivity contribution in [3.8, 4) is 11.3 Å². The number of likely N-dealkylation sites (tertiary alicyclic amines) is 1. The van der Waals surface area contributed by atoms with Gasteiger partial charge in [0.2, 0.25) is 11.8 Å². The summed E-state index contributed by atoms with van der Waals surface area (Å²) in [4.78, 5) is 27.3. The SMILES string of the molecule is CC(NC(=O)C1CCCN1C(=O)C(NS)C(C)(C)F)c1ccc(-c2ccnn2C)cc1. The number of thiol groups is 1. The Morgan fingerprint density at radius 2 is 1.94 bits per heavy atom. The molecule has 3 unspecified atom stereocenters. The van der Waals surface area contributed by atoms with Gasteiger partial charge in [-0.2, -0.15) is 5.10 Å². The Morgan fingerprint density at radius 1 is 1.26 bits per heavy atom. The van der Waals surface area contributed by atoms with Crippen molar-refractivity contribution in [2.45, 2.75) is 57.4 Å². The van der Waals surface area contributed by atoms with Crippen LogP contribution in [0.25, 0.3) is 11.3 Å². The molecule has 3 atom stereocenters. The second-order valence-corrected chi connectivity index (χ2v) is 8.77. The number of halogens is 1. The van der Waals surface area contributed by atoms with E-state index in [1.54, 1.807) is 10.9 Å². The number of hydrogen-bond acceptors (Lipinski definition) is 5. The number of amides is 2. The van der Waals surface area contributed by atoms with Crippen LogP contribution in [0, 0.1) is 0 Å². The summed E-state index contributed by atoms with van der Waals surface area (Å²) in [5.74, 6) is -0.683. The van der Waals surface area contributed by atoms with Crippen LogP contribution >= 0.6 is 12.8 Å². The van der Waals surface area contributed by atoms with E-state index in [2.05, 4.69) is 28.0 Å². The van der Waals surface area contributed by atoms with Gasteiger partial charge < -0.3 is 10.2 Å². The van der Waals surface area contributed by atoms with Crippen LogP contribution in [-0.2, 0) is 16.6 Å². The Bertz CT molecular complexity index is 925. The van der Waals surface area contributed by atoms with E-state index in [1.807, 2.05) is 44.3 Å². The molecule has 0 radical (unpaired) electrons. The normalized spacial score (nSPS) is 18.6. The van der Waals surface area contributed by atoms with Gasteiger partial charge in [-0.25, -0.2) is 4.39 Å². The number of carbonyl (C=O) groups is 2. The first kappa shape index (κ1) is 23.3. The maximum Gasteiger partial charge on any atom is 0.244 e. The first-order chi connectivity index (χ1) is 14.6. The second-order valence-electron chi connectivity index (χ2n) is 8.51. The lowest BCUT2D eigenvalue weighted by Gasteiger charge is -2.32. The smallest absolute Gasteiger partial charge is 0.244 e. The maximum atomic E-state index is 14.4. The Kier molecular flexibility index (Phi) is 7.06. The molecule has 1 aliphatic rings. The van der Waals surface area contributed by atoms with Crippen LogP contribution in [0.3, 0.4) is 0 Å². The van der Waals surface area contributed by atoms with Gasteiger partial charge in [0.05, 0.1) is 11.7 Å². The van der Waals surface area contributed by atoms with Crippen LogP contribution < -0.4 is 10.0 Å². The summed E-state index contributed by atoms with van der Waals surface area (Å²) in [6.07, 6.45) is 3.00. The number of benzene rings is 1. The summed E-state index contributed by atoms with van der Waals surface area (Å²) in [6.45, 7) is 4.97. The van der Waals surface area contributed by atoms with Crippen molar-refractivity contribution in [1.29, 1.82) is 0 Å². The van der Waals surface area contributed by atoms with Crippen LogP contribution in [0.5, 0.6) is 0 Å². The lowest BCUT2D eigenvalue weighted by Crippen LogP contribution is -2.56. The van der Waals surface area contributed by atoms with Crippen LogP contribution in [-0.4, -0.2) is 50.8 Å². The fourth-order valence-electron chi connectivity index (χ4n) is 3.96. The van der Waals surface area contributed by atoms with E-state index in [0.717, 1.165) is 16.8 Å². The minimum atomic E-state index is -1.80. The average molecular weight is 448 g/mol. The fourth-order valence-corrected chi connectivity index (χ4v) is 4.38. The van der Waals surface area contributed by atoms with Crippen LogP contribution in [0.1, 0.15) is 45.2 Å². The monoisotopic (exact) mass is 447 g/mol. The highest BCUT2D eigenvalue weighted by molar-refractivity contribution is 7.78. The molecule has 0 spiro atoms. The molecule has 2 amide bonds. The summed E-state index contributed by atoms with van der Waals surface area (Å²) in [5, 5.41) is 7.18. The average Bonchev–Trinajstić information content (AvgIpc) is 3.36. The van der Waals surface area contributed by atoms with Gasteiger partial charge >= 0.3 is 0 Å². The minimum Gasteiger partial charge on any atom is -0.348 e. The number of rotatable bonds is 7. The van der Waals surface area contributed by atoms with E-state index in [0.29, 0.717) is 19.4 Å². The van der Waals surface area contributed by atoms with E-state index in [1.165, 1.54) is 18.7 Å². The molecular formula is C22H30FN5O2S. The highest BCUT2D eigenvalue weighted by Gasteiger charge is 2.42. The number of hydrogen-bond donors (Lipinski definition) is 3. The number of nitrogens with zero attached hydrogens (tertiary/aromatic N) is 3. The van der Waals surface area contributed by atoms with E-state index in [9.17, 15) is 14.0 Å². The molecule has 31 heavy (non-hydrogen) atoms. The number of carbonyl (C=O) groups excluding carboxylic acids is 2. The third-order valence-corrected chi connectivity index (χ3v) is 6.05. The molecule has 1 fully saturated rings. The molecular weight excluding hydrogens is 417 g/mol. The lowest BCUT2D eigenvalue weighted by atomic mass is 10.00. The second kappa shape index (κ2) is 9.40. The predicted octanol–water partition coefficient (Wildman–Crippen LogP) is 2.81. The highest BCUT2D eigenvalue weighted by atomic mass is 32.1. The van der Waals surface area contributed by atoms with Crippen LogP contribution in [0.4, 0.5) is 4.39 Å². The largest absolute Gasteiger partial charge is 0.348 e. The van der Waals surface area contributed by atoms with Gasteiger partial charge in [0.15, 0.2) is 0 Å². The third kappa shape index (κ3) is 5.10.